The summed E-state index contributed by atoms with van der Waals surface area (Å²) in [7, 11) is 3.62. The SMILES string of the molecule is COc1ccc(-c2cnc(CN3CCC[C@@H]3c3cnn(C)c3)o2)cc1. The van der Waals surface area contributed by atoms with Crippen LogP contribution in [-0.4, -0.2) is 33.3 Å². The molecule has 130 valence electrons. The topological polar surface area (TPSA) is 56.3 Å². The number of benzene rings is 1. The molecule has 0 spiro atoms. The maximum Gasteiger partial charge on any atom is 0.209 e. The molecule has 0 aliphatic carbocycles. The zero-order valence-corrected chi connectivity index (χ0v) is 14.6. The Morgan fingerprint density at radius 2 is 2.08 bits per heavy atom. The van der Waals surface area contributed by atoms with E-state index in [4.69, 9.17) is 9.15 Å². The van der Waals surface area contributed by atoms with Crippen LogP contribution in [-0.2, 0) is 13.6 Å². The summed E-state index contributed by atoms with van der Waals surface area (Å²) >= 11 is 0. The lowest BCUT2D eigenvalue weighted by Gasteiger charge is -2.21. The number of hydrogen-bond acceptors (Lipinski definition) is 5. The van der Waals surface area contributed by atoms with E-state index >= 15 is 0 Å². The van der Waals surface area contributed by atoms with Gasteiger partial charge in [0.25, 0.3) is 0 Å². The monoisotopic (exact) mass is 338 g/mol. The van der Waals surface area contributed by atoms with Gasteiger partial charge in [0.15, 0.2) is 5.76 Å². The van der Waals surface area contributed by atoms with Gasteiger partial charge < -0.3 is 9.15 Å². The Hall–Kier alpha value is -2.60. The van der Waals surface area contributed by atoms with Gasteiger partial charge in [0.1, 0.15) is 5.75 Å². The molecule has 6 nitrogen and oxygen atoms in total. The second-order valence-electron chi connectivity index (χ2n) is 6.42. The van der Waals surface area contributed by atoms with Gasteiger partial charge in [0.2, 0.25) is 5.89 Å². The summed E-state index contributed by atoms with van der Waals surface area (Å²) in [4.78, 5) is 6.89. The Kier molecular flexibility index (Phi) is 4.28. The van der Waals surface area contributed by atoms with Crippen LogP contribution >= 0.6 is 0 Å². The van der Waals surface area contributed by atoms with E-state index in [9.17, 15) is 0 Å². The molecule has 3 heterocycles. The third-order valence-corrected chi connectivity index (χ3v) is 4.74. The van der Waals surface area contributed by atoms with Crippen LogP contribution in [0.25, 0.3) is 11.3 Å². The maximum absolute atomic E-state index is 5.98. The summed E-state index contributed by atoms with van der Waals surface area (Å²) in [5, 5.41) is 4.30. The smallest absolute Gasteiger partial charge is 0.209 e. The summed E-state index contributed by atoms with van der Waals surface area (Å²) in [6.07, 6.45) is 8.19. The first-order chi connectivity index (χ1) is 12.2. The third-order valence-electron chi connectivity index (χ3n) is 4.74. The Bertz CT molecular complexity index is 837. The molecular weight excluding hydrogens is 316 g/mol. The molecule has 0 bridgehead atoms. The highest BCUT2D eigenvalue weighted by atomic mass is 16.5. The van der Waals surface area contributed by atoms with Crippen LogP contribution in [0.2, 0.25) is 0 Å². The number of ether oxygens (including phenoxy) is 1. The van der Waals surface area contributed by atoms with Crippen molar-refractivity contribution in [1.82, 2.24) is 19.7 Å². The number of methoxy groups -OCH3 is 1. The summed E-state index contributed by atoms with van der Waals surface area (Å²) in [6, 6.07) is 8.21. The zero-order valence-electron chi connectivity index (χ0n) is 14.6. The molecule has 3 aromatic rings. The van der Waals surface area contributed by atoms with Crippen molar-refractivity contribution in [2.24, 2.45) is 7.05 Å². The molecule has 0 unspecified atom stereocenters. The largest absolute Gasteiger partial charge is 0.497 e. The zero-order chi connectivity index (χ0) is 17.2. The Labute approximate surface area is 147 Å². The Balaban J connectivity index is 1.48. The number of nitrogens with zero attached hydrogens (tertiary/aromatic N) is 4. The highest BCUT2D eigenvalue weighted by molar-refractivity contribution is 5.57. The van der Waals surface area contributed by atoms with Crippen molar-refractivity contribution in [3.63, 3.8) is 0 Å². The minimum absolute atomic E-state index is 0.394. The molecule has 0 radical (unpaired) electrons. The highest BCUT2D eigenvalue weighted by Gasteiger charge is 2.28. The van der Waals surface area contributed by atoms with Crippen molar-refractivity contribution >= 4 is 0 Å². The minimum Gasteiger partial charge on any atom is -0.497 e. The average Bonchev–Trinajstić information content (AvgIpc) is 3.36. The van der Waals surface area contributed by atoms with Crippen molar-refractivity contribution in [2.45, 2.75) is 25.4 Å². The van der Waals surface area contributed by atoms with Crippen molar-refractivity contribution in [1.29, 1.82) is 0 Å². The van der Waals surface area contributed by atoms with E-state index in [1.165, 1.54) is 12.0 Å². The molecule has 0 amide bonds. The number of hydrogen-bond donors (Lipinski definition) is 0. The molecule has 6 heteroatoms. The predicted molar refractivity (Wildman–Crippen MR) is 94.1 cm³/mol. The first-order valence-electron chi connectivity index (χ1n) is 8.54. The van der Waals surface area contributed by atoms with E-state index in [1.54, 1.807) is 13.3 Å². The predicted octanol–water partition coefficient (Wildman–Crippen LogP) is 3.42. The fourth-order valence-electron chi connectivity index (χ4n) is 3.45. The van der Waals surface area contributed by atoms with E-state index in [0.29, 0.717) is 6.04 Å². The summed E-state index contributed by atoms with van der Waals surface area (Å²) in [6.45, 7) is 1.77. The van der Waals surface area contributed by atoms with Crippen LogP contribution in [0.3, 0.4) is 0 Å². The highest BCUT2D eigenvalue weighted by Crippen LogP contribution is 2.33. The van der Waals surface area contributed by atoms with Gasteiger partial charge in [-0.15, -0.1) is 0 Å². The number of aryl methyl sites for hydroxylation is 1. The molecule has 0 N–H and O–H groups in total. The molecule has 1 aliphatic heterocycles. The lowest BCUT2D eigenvalue weighted by Crippen LogP contribution is -2.22. The van der Waals surface area contributed by atoms with Crippen molar-refractivity contribution in [3.05, 3.63) is 54.3 Å². The van der Waals surface area contributed by atoms with Gasteiger partial charge in [-0.3, -0.25) is 9.58 Å². The van der Waals surface area contributed by atoms with Gasteiger partial charge in [-0.2, -0.15) is 5.10 Å². The number of oxazole rings is 1. The van der Waals surface area contributed by atoms with Crippen LogP contribution < -0.4 is 4.74 Å². The van der Waals surface area contributed by atoms with Crippen LogP contribution in [0.4, 0.5) is 0 Å². The average molecular weight is 338 g/mol. The van der Waals surface area contributed by atoms with E-state index in [1.807, 2.05) is 42.2 Å². The van der Waals surface area contributed by atoms with Crippen molar-refractivity contribution in [2.75, 3.05) is 13.7 Å². The van der Waals surface area contributed by atoms with Crippen LogP contribution in [0.5, 0.6) is 5.75 Å². The lowest BCUT2D eigenvalue weighted by molar-refractivity contribution is 0.224. The molecule has 1 fully saturated rings. The third kappa shape index (κ3) is 3.30. The number of likely N-dealkylation sites (tertiary alicyclic amines) is 1. The quantitative estimate of drug-likeness (QED) is 0.713. The van der Waals surface area contributed by atoms with Gasteiger partial charge in [-0.05, 0) is 43.7 Å². The molecule has 1 aromatic carbocycles. The Morgan fingerprint density at radius 3 is 2.80 bits per heavy atom. The van der Waals surface area contributed by atoms with Crippen molar-refractivity contribution < 1.29 is 9.15 Å². The van der Waals surface area contributed by atoms with Crippen LogP contribution in [0.1, 0.15) is 30.3 Å². The number of aromatic nitrogens is 3. The summed E-state index contributed by atoms with van der Waals surface area (Å²) in [5.41, 5.74) is 2.27. The van der Waals surface area contributed by atoms with Gasteiger partial charge >= 0.3 is 0 Å². The van der Waals surface area contributed by atoms with Crippen LogP contribution in [0, 0.1) is 0 Å². The second kappa shape index (κ2) is 6.72. The van der Waals surface area contributed by atoms with E-state index < -0.39 is 0 Å². The van der Waals surface area contributed by atoms with E-state index in [-0.39, 0.29) is 0 Å². The molecule has 25 heavy (non-hydrogen) atoms. The first-order valence-corrected chi connectivity index (χ1v) is 8.54. The van der Waals surface area contributed by atoms with Gasteiger partial charge in [-0.25, -0.2) is 4.98 Å². The van der Waals surface area contributed by atoms with Crippen LogP contribution in [0.15, 0.2) is 47.3 Å². The van der Waals surface area contributed by atoms with Gasteiger partial charge in [0, 0.05) is 30.4 Å². The maximum atomic E-state index is 5.98. The molecular formula is C19H22N4O2. The van der Waals surface area contributed by atoms with Gasteiger partial charge in [0.05, 0.1) is 26.0 Å². The standard InChI is InChI=1S/C19H22N4O2/c1-22-12-15(10-21-22)17-4-3-9-23(17)13-19-20-11-18(25-19)14-5-7-16(24-2)8-6-14/h5-8,10-12,17H,3-4,9,13H2,1-2H3/t17-/m1/s1. The molecule has 2 aromatic heterocycles. The minimum atomic E-state index is 0.394. The molecule has 1 saturated heterocycles. The normalized spacial score (nSPS) is 17.9. The fraction of sp³-hybridized carbons (Fsp3) is 0.368. The first kappa shape index (κ1) is 15.9. The second-order valence-corrected chi connectivity index (χ2v) is 6.42. The Morgan fingerprint density at radius 1 is 1.24 bits per heavy atom. The number of rotatable bonds is 5. The summed E-state index contributed by atoms with van der Waals surface area (Å²) in [5.74, 6) is 2.37. The van der Waals surface area contributed by atoms with E-state index in [0.717, 1.165) is 42.5 Å². The summed E-state index contributed by atoms with van der Waals surface area (Å²) < 4.78 is 13.0. The van der Waals surface area contributed by atoms with E-state index in [2.05, 4.69) is 21.2 Å². The lowest BCUT2D eigenvalue weighted by atomic mass is 10.1. The van der Waals surface area contributed by atoms with Gasteiger partial charge in [-0.1, -0.05) is 0 Å². The van der Waals surface area contributed by atoms with Crippen molar-refractivity contribution in [3.8, 4) is 17.1 Å². The molecule has 1 aliphatic rings. The molecule has 4 rings (SSSR count). The molecule has 0 saturated carbocycles. The fourth-order valence-corrected chi connectivity index (χ4v) is 3.45. The molecule has 1 atom stereocenters.